The van der Waals surface area contributed by atoms with Crippen molar-refractivity contribution in [2.75, 3.05) is 25.4 Å². The van der Waals surface area contributed by atoms with Crippen LogP contribution in [0.25, 0.3) is 0 Å². The maximum Gasteiger partial charge on any atom is 0.243 e. The van der Waals surface area contributed by atoms with Crippen LogP contribution in [0.2, 0.25) is 0 Å². The van der Waals surface area contributed by atoms with Crippen LogP contribution in [0.4, 0.5) is 5.69 Å². The summed E-state index contributed by atoms with van der Waals surface area (Å²) < 4.78 is 26.6. The van der Waals surface area contributed by atoms with Gasteiger partial charge in [-0.05, 0) is 42.9 Å². The van der Waals surface area contributed by atoms with Crippen LogP contribution in [0, 0.1) is 5.92 Å². The highest BCUT2D eigenvalue weighted by Gasteiger charge is 2.30. The number of aryl methyl sites for hydroxylation is 1. The minimum Gasteiger partial charge on any atom is -0.398 e. The minimum atomic E-state index is -3.51. The number of nitrogens with two attached hydrogens (primary N) is 1. The Morgan fingerprint density at radius 2 is 2.20 bits per heavy atom. The summed E-state index contributed by atoms with van der Waals surface area (Å²) >= 11 is 0. The Balaban J connectivity index is 2.28. The molecule has 1 atom stereocenters. The number of aliphatic hydroxyl groups excluding tert-OH is 1. The molecule has 0 saturated carbocycles. The molecule has 0 spiro atoms. The second kappa shape index (κ2) is 6.11. The molecule has 1 aliphatic rings. The second-order valence-electron chi connectivity index (χ2n) is 5.27. The van der Waals surface area contributed by atoms with E-state index < -0.39 is 10.0 Å². The molecule has 0 aliphatic carbocycles. The van der Waals surface area contributed by atoms with Gasteiger partial charge >= 0.3 is 0 Å². The van der Waals surface area contributed by atoms with E-state index in [0.717, 1.165) is 24.8 Å². The van der Waals surface area contributed by atoms with Crippen molar-refractivity contribution in [3.63, 3.8) is 0 Å². The van der Waals surface area contributed by atoms with E-state index in [2.05, 4.69) is 0 Å². The van der Waals surface area contributed by atoms with Crippen LogP contribution in [-0.4, -0.2) is 37.5 Å². The first-order valence-corrected chi connectivity index (χ1v) is 8.42. The smallest absolute Gasteiger partial charge is 0.243 e. The maximum atomic E-state index is 12.6. The Morgan fingerprint density at radius 3 is 2.80 bits per heavy atom. The molecule has 3 N–H and O–H groups in total. The number of piperidine rings is 1. The minimum absolute atomic E-state index is 0.0307. The van der Waals surface area contributed by atoms with Crippen molar-refractivity contribution in [2.45, 2.75) is 31.1 Å². The molecule has 0 amide bonds. The van der Waals surface area contributed by atoms with Gasteiger partial charge in [0.25, 0.3) is 0 Å². The molecule has 0 radical (unpaired) electrons. The number of nitrogen functional groups attached to an aromatic ring is 1. The summed E-state index contributed by atoms with van der Waals surface area (Å²) in [6.07, 6.45) is 2.44. The van der Waals surface area contributed by atoms with E-state index >= 15 is 0 Å². The van der Waals surface area contributed by atoms with E-state index in [1.54, 1.807) is 12.1 Å². The largest absolute Gasteiger partial charge is 0.398 e. The van der Waals surface area contributed by atoms with Crippen LogP contribution in [-0.2, 0) is 16.4 Å². The van der Waals surface area contributed by atoms with E-state index in [1.165, 1.54) is 10.4 Å². The SMILES string of the molecule is CCc1ccc(S(=O)(=O)N2CCCC(CO)C2)cc1N. The summed E-state index contributed by atoms with van der Waals surface area (Å²) in [5.41, 5.74) is 7.36. The molecular weight excluding hydrogens is 276 g/mol. The van der Waals surface area contributed by atoms with Gasteiger partial charge in [0.15, 0.2) is 0 Å². The summed E-state index contributed by atoms with van der Waals surface area (Å²) in [7, 11) is -3.51. The molecule has 6 heteroatoms. The summed E-state index contributed by atoms with van der Waals surface area (Å²) in [4.78, 5) is 0.241. The van der Waals surface area contributed by atoms with Gasteiger partial charge in [0.1, 0.15) is 0 Å². The van der Waals surface area contributed by atoms with Crippen LogP contribution >= 0.6 is 0 Å². The van der Waals surface area contributed by atoms with Crippen molar-refractivity contribution in [3.05, 3.63) is 23.8 Å². The first-order chi connectivity index (χ1) is 9.48. The first kappa shape index (κ1) is 15.3. The number of rotatable bonds is 4. The third kappa shape index (κ3) is 2.97. The van der Waals surface area contributed by atoms with Crippen molar-refractivity contribution >= 4 is 15.7 Å². The fraction of sp³-hybridized carbons (Fsp3) is 0.571. The van der Waals surface area contributed by atoms with Gasteiger partial charge in [0.2, 0.25) is 10.0 Å². The summed E-state index contributed by atoms with van der Waals surface area (Å²) in [6.45, 7) is 2.90. The Hall–Kier alpha value is -1.11. The number of anilines is 1. The van der Waals surface area contributed by atoms with Gasteiger partial charge in [-0.2, -0.15) is 4.31 Å². The lowest BCUT2D eigenvalue weighted by Gasteiger charge is -2.31. The zero-order chi connectivity index (χ0) is 14.8. The molecule has 1 aromatic carbocycles. The number of aliphatic hydroxyl groups is 1. The van der Waals surface area contributed by atoms with Crippen molar-refractivity contribution in [2.24, 2.45) is 5.92 Å². The topological polar surface area (TPSA) is 83.6 Å². The molecule has 1 saturated heterocycles. The molecule has 112 valence electrons. The normalized spacial score (nSPS) is 21.0. The predicted octanol–water partition coefficient (Wildman–Crippen LogP) is 1.22. The number of sulfonamides is 1. The molecule has 5 nitrogen and oxygen atoms in total. The third-order valence-corrected chi connectivity index (χ3v) is 5.74. The van der Waals surface area contributed by atoms with Crippen molar-refractivity contribution in [1.82, 2.24) is 4.31 Å². The van der Waals surface area contributed by atoms with Gasteiger partial charge in [-0.25, -0.2) is 8.42 Å². The Labute approximate surface area is 120 Å². The number of nitrogens with zero attached hydrogens (tertiary/aromatic N) is 1. The fourth-order valence-electron chi connectivity index (χ4n) is 2.60. The maximum absolute atomic E-state index is 12.6. The monoisotopic (exact) mass is 298 g/mol. The average Bonchev–Trinajstić information content (AvgIpc) is 2.47. The molecule has 1 aliphatic heterocycles. The van der Waals surface area contributed by atoms with Gasteiger partial charge in [-0.3, -0.25) is 0 Å². The molecule has 2 rings (SSSR count). The van der Waals surface area contributed by atoms with E-state index in [1.807, 2.05) is 6.92 Å². The quantitative estimate of drug-likeness (QED) is 0.819. The standard InChI is InChI=1S/C14H22N2O3S/c1-2-12-5-6-13(8-14(12)15)20(18,19)16-7-3-4-11(9-16)10-17/h5-6,8,11,17H,2-4,7,9-10,15H2,1H3. The Bertz CT molecular complexity index is 572. The molecule has 1 aromatic rings. The van der Waals surface area contributed by atoms with Gasteiger partial charge in [0.05, 0.1) is 4.90 Å². The van der Waals surface area contributed by atoms with Gasteiger partial charge < -0.3 is 10.8 Å². The van der Waals surface area contributed by atoms with E-state index in [9.17, 15) is 13.5 Å². The molecule has 1 unspecified atom stereocenters. The highest BCUT2D eigenvalue weighted by molar-refractivity contribution is 7.89. The van der Waals surface area contributed by atoms with E-state index in [4.69, 9.17) is 5.73 Å². The van der Waals surface area contributed by atoms with Gasteiger partial charge in [-0.1, -0.05) is 13.0 Å². The zero-order valence-corrected chi connectivity index (χ0v) is 12.6. The molecule has 0 bridgehead atoms. The average molecular weight is 298 g/mol. The van der Waals surface area contributed by atoms with Crippen LogP contribution < -0.4 is 5.73 Å². The van der Waals surface area contributed by atoms with Crippen molar-refractivity contribution in [3.8, 4) is 0 Å². The lowest BCUT2D eigenvalue weighted by atomic mass is 10.0. The number of hydrogen-bond acceptors (Lipinski definition) is 4. The van der Waals surface area contributed by atoms with Crippen LogP contribution in [0.15, 0.2) is 23.1 Å². The van der Waals surface area contributed by atoms with Gasteiger partial charge in [0, 0.05) is 25.4 Å². The van der Waals surface area contributed by atoms with Crippen LogP contribution in [0.5, 0.6) is 0 Å². The van der Waals surface area contributed by atoms with Crippen LogP contribution in [0.1, 0.15) is 25.3 Å². The third-order valence-electron chi connectivity index (χ3n) is 3.88. The fourth-order valence-corrected chi connectivity index (χ4v) is 4.19. The molecule has 1 heterocycles. The van der Waals surface area contributed by atoms with Crippen molar-refractivity contribution in [1.29, 1.82) is 0 Å². The zero-order valence-electron chi connectivity index (χ0n) is 11.7. The molecular formula is C14H22N2O3S. The second-order valence-corrected chi connectivity index (χ2v) is 7.21. The Morgan fingerprint density at radius 1 is 1.45 bits per heavy atom. The van der Waals surface area contributed by atoms with Crippen molar-refractivity contribution < 1.29 is 13.5 Å². The lowest BCUT2D eigenvalue weighted by Crippen LogP contribution is -2.40. The van der Waals surface area contributed by atoms with Gasteiger partial charge in [-0.15, -0.1) is 0 Å². The molecule has 20 heavy (non-hydrogen) atoms. The number of benzene rings is 1. The van der Waals surface area contributed by atoms with E-state index in [0.29, 0.717) is 18.8 Å². The highest BCUT2D eigenvalue weighted by Crippen LogP contribution is 2.25. The first-order valence-electron chi connectivity index (χ1n) is 6.98. The predicted molar refractivity (Wildman–Crippen MR) is 78.8 cm³/mol. The molecule has 0 aromatic heterocycles. The Kier molecular flexibility index (Phi) is 4.67. The summed E-state index contributed by atoms with van der Waals surface area (Å²) in [5.74, 6) is 0.0331. The summed E-state index contributed by atoms with van der Waals surface area (Å²) in [5, 5.41) is 9.22. The molecule has 1 fully saturated rings. The highest BCUT2D eigenvalue weighted by atomic mass is 32.2. The number of hydrogen-bond donors (Lipinski definition) is 2. The lowest BCUT2D eigenvalue weighted by molar-refractivity contribution is 0.165. The van der Waals surface area contributed by atoms with E-state index in [-0.39, 0.29) is 17.4 Å². The summed E-state index contributed by atoms with van der Waals surface area (Å²) in [6, 6.07) is 4.93. The van der Waals surface area contributed by atoms with Crippen LogP contribution in [0.3, 0.4) is 0 Å².